The molecule has 6 nitrogen and oxygen atoms in total. The summed E-state index contributed by atoms with van der Waals surface area (Å²) in [5.74, 6) is 0.513. The van der Waals surface area contributed by atoms with Crippen molar-refractivity contribution in [3.05, 3.63) is 54.1 Å². The zero-order valence-electron chi connectivity index (χ0n) is 16.4. The standard InChI is InChI=1S/C21H25NO5S/c1-14(28-16-8-6-5-7-9-16)21(24)22-17(13-20(23)27-4)15-10-11-18(25-2)19(12-15)26-3/h5-12,14,17H,13H2,1-4H3,(H,22,24). The number of nitrogens with one attached hydrogen (secondary N) is 1. The number of carbonyl (C=O) groups excluding carboxylic acids is 2. The van der Waals surface area contributed by atoms with Gasteiger partial charge in [0.1, 0.15) is 0 Å². The average Bonchev–Trinajstić information content (AvgIpc) is 2.73. The molecular weight excluding hydrogens is 378 g/mol. The van der Waals surface area contributed by atoms with Gasteiger partial charge < -0.3 is 19.5 Å². The molecule has 28 heavy (non-hydrogen) atoms. The van der Waals surface area contributed by atoms with Crippen molar-refractivity contribution in [2.24, 2.45) is 0 Å². The third-order valence-corrected chi connectivity index (χ3v) is 5.26. The van der Waals surface area contributed by atoms with E-state index in [0.29, 0.717) is 11.5 Å². The normalized spacial score (nSPS) is 12.6. The van der Waals surface area contributed by atoms with E-state index >= 15 is 0 Å². The Morgan fingerprint density at radius 1 is 1.00 bits per heavy atom. The molecule has 2 aromatic rings. The number of ether oxygens (including phenoxy) is 3. The molecule has 2 unspecified atom stereocenters. The molecule has 0 aliphatic carbocycles. The summed E-state index contributed by atoms with van der Waals surface area (Å²) in [6.45, 7) is 1.83. The second kappa shape index (κ2) is 10.6. The number of amides is 1. The number of benzene rings is 2. The Hall–Kier alpha value is -2.67. The van der Waals surface area contributed by atoms with Gasteiger partial charge in [-0.15, -0.1) is 11.8 Å². The molecule has 0 aliphatic rings. The maximum Gasteiger partial charge on any atom is 0.307 e. The molecule has 0 bridgehead atoms. The molecule has 0 aromatic heterocycles. The summed E-state index contributed by atoms with van der Waals surface area (Å²) >= 11 is 1.45. The van der Waals surface area contributed by atoms with E-state index in [9.17, 15) is 9.59 Å². The lowest BCUT2D eigenvalue weighted by atomic mass is 10.0. The van der Waals surface area contributed by atoms with E-state index in [0.717, 1.165) is 10.5 Å². The number of esters is 1. The number of methoxy groups -OCH3 is 3. The largest absolute Gasteiger partial charge is 0.493 e. The summed E-state index contributed by atoms with van der Waals surface area (Å²) in [5, 5.41) is 2.62. The zero-order chi connectivity index (χ0) is 20.5. The predicted octanol–water partition coefficient (Wildman–Crippen LogP) is 3.61. The molecule has 2 aromatic carbocycles. The van der Waals surface area contributed by atoms with Gasteiger partial charge in [0.2, 0.25) is 5.91 Å². The van der Waals surface area contributed by atoms with Crippen molar-refractivity contribution >= 4 is 23.6 Å². The highest BCUT2D eigenvalue weighted by molar-refractivity contribution is 8.00. The Morgan fingerprint density at radius 3 is 2.29 bits per heavy atom. The quantitative estimate of drug-likeness (QED) is 0.509. The first-order chi connectivity index (χ1) is 13.5. The summed E-state index contributed by atoms with van der Waals surface area (Å²) in [7, 11) is 4.41. The van der Waals surface area contributed by atoms with Gasteiger partial charge in [0, 0.05) is 4.90 Å². The molecule has 1 amide bonds. The van der Waals surface area contributed by atoms with Crippen LogP contribution < -0.4 is 14.8 Å². The van der Waals surface area contributed by atoms with Crippen molar-refractivity contribution < 1.29 is 23.8 Å². The molecule has 0 saturated heterocycles. The van der Waals surface area contributed by atoms with E-state index in [4.69, 9.17) is 14.2 Å². The minimum Gasteiger partial charge on any atom is -0.493 e. The van der Waals surface area contributed by atoms with Crippen LogP contribution in [0.5, 0.6) is 11.5 Å². The van der Waals surface area contributed by atoms with Gasteiger partial charge >= 0.3 is 5.97 Å². The SMILES string of the molecule is COC(=O)CC(NC(=O)C(C)Sc1ccccc1)c1ccc(OC)c(OC)c1. The highest BCUT2D eigenvalue weighted by Gasteiger charge is 2.23. The number of hydrogen-bond donors (Lipinski definition) is 1. The number of rotatable bonds is 9. The van der Waals surface area contributed by atoms with Gasteiger partial charge in [-0.2, -0.15) is 0 Å². The molecule has 1 N–H and O–H groups in total. The molecule has 2 atom stereocenters. The van der Waals surface area contributed by atoms with E-state index in [2.05, 4.69) is 5.32 Å². The van der Waals surface area contributed by atoms with Crippen LogP contribution in [0.15, 0.2) is 53.4 Å². The van der Waals surface area contributed by atoms with Crippen LogP contribution in [-0.4, -0.2) is 38.5 Å². The van der Waals surface area contributed by atoms with Crippen LogP contribution in [0.2, 0.25) is 0 Å². The topological polar surface area (TPSA) is 73.9 Å². The fraction of sp³-hybridized carbons (Fsp3) is 0.333. The third-order valence-electron chi connectivity index (χ3n) is 4.15. The van der Waals surface area contributed by atoms with Gasteiger partial charge in [-0.25, -0.2) is 0 Å². The predicted molar refractivity (Wildman–Crippen MR) is 109 cm³/mol. The van der Waals surface area contributed by atoms with Gasteiger partial charge in [-0.05, 0) is 36.8 Å². The summed E-state index contributed by atoms with van der Waals surface area (Å²) in [4.78, 5) is 25.6. The first kappa shape index (κ1) is 21.6. The Bertz CT molecular complexity index is 797. The highest BCUT2D eigenvalue weighted by Crippen LogP contribution is 2.31. The Morgan fingerprint density at radius 2 is 1.68 bits per heavy atom. The van der Waals surface area contributed by atoms with E-state index in [1.165, 1.54) is 26.0 Å². The van der Waals surface area contributed by atoms with Crippen LogP contribution in [-0.2, 0) is 14.3 Å². The highest BCUT2D eigenvalue weighted by atomic mass is 32.2. The monoisotopic (exact) mass is 403 g/mol. The van der Waals surface area contributed by atoms with Gasteiger partial charge in [0.25, 0.3) is 0 Å². The van der Waals surface area contributed by atoms with Crippen LogP contribution in [0.25, 0.3) is 0 Å². The molecule has 2 rings (SSSR count). The second-order valence-electron chi connectivity index (χ2n) is 6.03. The number of carbonyl (C=O) groups is 2. The Balaban J connectivity index is 2.18. The maximum absolute atomic E-state index is 12.7. The van der Waals surface area contributed by atoms with Crippen molar-refractivity contribution in [3.63, 3.8) is 0 Å². The van der Waals surface area contributed by atoms with Gasteiger partial charge in [-0.1, -0.05) is 24.3 Å². The lowest BCUT2D eigenvalue weighted by Crippen LogP contribution is -2.35. The van der Waals surface area contributed by atoms with Crippen molar-refractivity contribution in [2.45, 2.75) is 29.5 Å². The lowest BCUT2D eigenvalue weighted by molar-refractivity contribution is -0.141. The Labute approximate surface area is 169 Å². The van der Waals surface area contributed by atoms with Crippen molar-refractivity contribution in [2.75, 3.05) is 21.3 Å². The van der Waals surface area contributed by atoms with E-state index in [1.54, 1.807) is 25.3 Å². The molecule has 0 fully saturated rings. The molecule has 0 heterocycles. The minimum absolute atomic E-state index is 0.0143. The lowest BCUT2D eigenvalue weighted by Gasteiger charge is -2.21. The summed E-state index contributed by atoms with van der Waals surface area (Å²) in [5.41, 5.74) is 0.730. The van der Waals surface area contributed by atoms with Crippen molar-refractivity contribution in [3.8, 4) is 11.5 Å². The average molecular weight is 404 g/mol. The van der Waals surface area contributed by atoms with Crippen molar-refractivity contribution in [1.29, 1.82) is 0 Å². The zero-order valence-corrected chi connectivity index (χ0v) is 17.2. The van der Waals surface area contributed by atoms with E-state index in [1.807, 2.05) is 37.3 Å². The molecule has 0 aliphatic heterocycles. The smallest absolute Gasteiger partial charge is 0.307 e. The molecule has 7 heteroatoms. The maximum atomic E-state index is 12.7. The Kier molecular flexibility index (Phi) is 8.19. The number of hydrogen-bond acceptors (Lipinski definition) is 6. The summed E-state index contributed by atoms with van der Waals surface area (Å²) < 4.78 is 15.4. The molecule has 0 saturated carbocycles. The summed E-state index contributed by atoms with van der Waals surface area (Å²) in [6.07, 6.45) is 0.0143. The fourth-order valence-corrected chi connectivity index (χ4v) is 3.52. The van der Waals surface area contributed by atoms with Gasteiger partial charge in [0.05, 0.1) is 39.0 Å². The third kappa shape index (κ3) is 5.92. The van der Waals surface area contributed by atoms with Crippen LogP contribution in [0.1, 0.15) is 24.9 Å². The molecule has 0 radical (unpaired) electrons. The number of thioether (sulfide) groups is 1. The van der Waals surface area contributed by atoms with E-state index in [-0.39, 0.29) is 17.6 Å². The van der Waals surface area contributed by atoms with Crippen molar-refractivity contribution in [1.82, 2.24) is 5.32 Å². The molecular formula is C21H25NO5S. The van der Waals surface area contributed by atoms with Crippen LogP contribution >= 0.6 is 11.8 Å². The van der Waals surface area contributed by atoms with Crippen LogP contribution in [0, 0.1) is 0 Å². The van der Waals surface area contributed by atoms with Gasteiger partial charge in [-0.3, -0.25) is 9.59 Å². The van der Waals surface area contributed by atoms with E-state index < -0.39 is 12.0 Å². The first-order valence-electron chi connectivity index (χ1n) is 8.79. The van der Waals surface area contributed by atoms with Gasteiger partial charge in [0.15, 0.2) is 11.5 Å². The van der Waals surface area contributed by atoms with Crippen LogP contribution in [0.4, 0.5) is 0 Å². The summed E-state index contributed by atoms with van der Waals surface area (Å²) in [6, 6.07) is 14.4. The first-order valence-corrected chi connectivity index (χ1v) is 9.67. The second-order valence-corrected chi connectivity index (χ2v) is 7.44. The molecule has 0 spiro atoms. The van der Waals surface area contributed by atoms with Crippen LogP contribution in [0.3, 0.4) is 0 Å². The minimum atomic E-state index is -0.543. The fourth-order valence-electron chi connectivity index (χ4n) is 2.62. The molecule has 150 valence electrons.